The van der Waals surface area contributed by atoms with Gasteiger partial charge in [0.2, 0.25) is 5.91 Å². The second-order valence-electron chi connectivity index (χ2n) is 8.74. The number of aromatic nitrogens is 3. The van der Waals surface area contributed by atoms with E-state index >= 15 is 0 Å². The molecule has 0 saturated carbocycles. The Labute approximate surface area is 192 Å². The molecule has 3 rings (SSSR count). The van der Waals surface area contributed by atoms with Crippen molar-refractivity contribution in [3.05, 3.63) is 65.7 Å². The van der Waals surface area contributed by atoms with Gasteiger partial charge in [-0.05, 0) is 57.5 Å². The van der Waals surface area contributed by atoms with Crippen LogP contribution in [0, 0.1) is 12.7 Å². The summed E-state index contributed by atoms with van der Waals surface area (Å²) >= 11 is 0. The zero-order chi connectivity index (χ0) is 24.2. The van der Waals surface area contributed by atoms with Gasteiger partial charge in [-0.2, -0.15) is 5.10 Å². The van der Waals surface area contributed by atoms with E-state index in [4.69, 9.17) is 4.74 Å². The Morgan fingerprint density at radius 3 is 2.48 bits per heavy atom. The van der Waals surface area contributed by atoms with Crippen molar-refractivity contribution in [3.8, 4) is 11.3 Å². The van der Waals surface area contributed by atoms with Crippen LogP contribution in [-0.2, 0) is 23.0 Å². The first-order chi connectivity index (χ1) is 15.5. The molecule has 2 heterocycles. The van der Waals surface area contributed by atoms with Crippen molar-refractivity contribution < 1.29 is 18.7 Å². The van der Waals surface area contributed by atoms with Crippen molar-refractivity contribution in [1.82, 2.24) is 20.1 Å². The van der Waals surface area contributed by atoms with Gasteiger partial charge >= 0.3 is 6.09 Å². The van der Waals surface area contributed by atoms with Crippen molar-refractivity contribution in [2.45, 2.75) is 45.8 Å². The first kappa shape index (κ1) is 23.9. The zero-order valence-electron chi connectivity index (χ0n) is 19.3. The van der Waals surface area contributed by atoms with E-state index in [-0.39, 0.29) is 12.2 Å². The van der Waals surface area contributed by atoms with Crippen molar-refractivity contribution in [2.24, 2.45) is 7.05 Å². The molecule has 0 aliphatic carbocycles. The number of ether oxygens (including phenoxy) is 1. The fourth-order valence-electron chi connectivity index (χ4n) is 3.16. The fraction of sp³-hybridized carbons (Fsp3) is 0.333. The Balaban J connectivity index is 1.80. The Morgan fingerprint density at radius 1 is 1.15 bits per heavy atom. The highest BCUT2D eigenvalue weighted by atomic mass is 19.1. The number of carbonyl (C=O) groups is 2. The predicted molar refractivity (Wildman–Crippen MR) is 123 cm³/mol. The monoisotopic (exact) mass is 453 g/mol. The second kappa shape index (κ2) is 9.81. The molecule has 0 spiro atoms. The van der Waals surface area contributed by atoms with Gasteiger partial charge < -0.3 is 15.4 Å². The summed E-state index contributed by atoms with van der Waals surface area (Å²) in [5, 5.41) is 9.89. The van der Waals surface area contributed by atoms with Gasteiger partial charge in [0.15, 0.2) is 0 Å². The van der Waals surface area contributed by atoms with Crippen molar-refractivity contribution in [3.63, 3.8) is 0 Å². The maximum atomic E-state index is 13.3. The highest BCUT2D eigenvalue weighted by Crippen LogP contribution is 2.22. The second-order valence-corrected chi connectivity index (χ2v) is 8.74. The molecule has 0 unspecified atom stereocenters. The average molecular weight is 454 g/mol. The minimum atomic E-state index is -0.952. The lowest BCUT2D eigenvalue weighted by Gasteiger charge is -2.23. The highest BCUT2D eigenvalue weighted by molar-refractivity contribution is 5.96. The van der Waals surface area contributed by atoms with Crippen LogP contribution >= 0.6 is 0 Å². The molecule has 8 nitrogen and oxygen atoms in total. The summed E-state index contributed by atoms with van der Waals surface area (Å²) in [6, 6.07) is 10.3. The number of halogens is 1. The number of hydrogen-bond acceptors (Lipinski definition) is 5. The summed E-state index contributed by atoms with van der Waals surface area (Å²) in [7, 11) is 1.71. The summed E-state index contributed by atoms with van der Waals surface area (Å²) in [4.78, 5) is 29.7. The average Bonchev–Trinajstić information content (AvgIpc) is 3.08. The molecule has 0 fully saturated rings. The Morgan fingerprint density at radius 2 is 1.85 bits per heavy atom. The van der Waals surface area contributed by atoms with Gasteiger partial charge in [0.05, 0.1) is 5.69 Å². The third-order valence-corrected chi connectivity index (χ3v) is 4.68. The Kier molecular flexibility index (Phi) is 7.10. The van der Waals surface area contributed by atoms with Crippen LogP contribution in [0.15, 0.2) is 48.7 Å². The SMILES string of the molecule is Cc1cc(-c2cc(NC(=O)[C@H](Cc3ccc(F)cc3)NC(=O)OC(C)(C)C)n(C)n2)ccn1. The number of hydrogen-bond donors (Lipinski definition) is 2. The number of aryl methyl sites for hydroxylation is 2. The van der Waals surface area contributed by atoms with E-state index in [1.807, 2.05) is 19.1 Å². The van der Waals surface area contributed by atoms with E-state index in [0.717, 1.165) is 11.3 Å². The molecule has 2 aromatic heterocycles. The first-order valence-corrected chi connectivity index (χ1v) is 10.5. The molecule has 33 heavy (non-hydrogen) atoms. The third-order valence-electron chi connectivity index (χ3n) is 4.68. The quantitative estimate of drug-likeness (QED) is 0.588. The fourth-order valence-corrected chi connectivity index (χ4v) is 3.16. The van der Waals surface area contributed by atoms with Gasteiger partial charge in [-0.3, -0.25) is 14.5 Å². The van der Waals surface area contributed by atoms with Crippen LogP contribution in [0.5, 0.6) is 0 Å². The summed E-state index contributed by atoms with van der Waals surface area (Å²) in [6.45, 7) is 7.09. The zero-order valence-corrected chi connectivity index (χ0v) is 19.3. The number of nitrogens with one attached hydrogen (secondary N) is 2. The van der Waals surface area contributed by atoms with E-state index in [0.29, 0.717) is 17.1 Å². The van der Waals surface area contributed by atoms with Gasteiger partial charge in [-0.25, -0.2) is 9.18 Å². The molecular formula is C24H28FN5O3. The maximum absolute atomic E-state index is 13.3. The molecule has 2 N–H and O–H groups in total. The number of rotatable bonds is 6. The molecule has 9 heteroatoms. The summed E-state index contributed by atoms with van der Waals surface area (Å²) in [5.74, 6) is -0.376. The molecule has 0 aliphatic rings. The van der Waals surface area contributed by atoms with Gasteiger partial charge in [-0.15, -0.1) is 0 Å². The van der Waals surface area contributed by atoms with Gasteiger partial charge in [0.1, 0.15) is 23.3 Å². The van der Waals surface area contributed by atoms with Gasteiger partial charge in [0, 0.05) is 37.0 Å². The van der Waals surface area contributed by atoms with E-state index in [2.05, 4.69) is 20.7 Å². The van der Waals surface area contributed by atoms with Crippen LogP contribution < -0.4 is 10.6 Å². The number of anilines is 1. The smallest absolute Gasteiger partial charge is 0.408 e. The standard InChI is InChI=1S/C24H28FN5O3/c1-15-12-17(10-11-26-15)19-14-21(30(5)29-19)28-22(31)20(27-23(32)33-24(2,3)4)13-16-6-8-18(25)9-7-16/h6-12,14,20H,13H2,1-5H3,(H,27,32)(H,28,31)/t20-/m0/s1. The van der Waals surface area contributed by atoms with Crippen molar-refractivity contribution in [1.29, 1.82) is 0 Å². The van der Waals surface area contributed by atoms with Crippen LogP contribution in [0.25, 0.3) is 11.3 Å². The van der Waals surface area contributed by atoms with Crippen LogP contribution in [0.2, 0.25) is 0 Å². The molecule has 0 bridgehead atoms. The molecule has 1 aromatic carbocycles. The number of amides is 2. The van der Waals surface area contributed by atoms with E-state index in [9.17, 15) is 14.0 Å². The lowest BCUT2D eigenvalue weighted by atomic mass is 10.1. The maximum Gasteiger partial charge on any atom is 0.408 e. The molecule has 0 aliphatic heterocycles. The topological polar surface area (TPSA) is 98.1 Å². The van der Waals surface area contributed by atoms with Crippen LogP contribution in [0.4, 0.5) is 15.0 Å². The van der Waals surface area contributed by atoms with Crippen molar-refractivity contribution in [2.75, 3.05) is 5.32 Å². The van der Waals surface area contributed by atoms with E-state index in [1.165, 1.54) is 12.1 Å². The summed E-state index contributed by atoms with van der Waals surface area (Å²) in [5.41, 5.74) is 2.36. The molecule has 3 aromatic rings. The van der Waals surface area contributed by atoms with E-state index < -0.39 is 23.6 Å². The lowest BCUT2D eigenvalue weighted by Crippen LogP contribution is -2.47. The first-order valence-electron chi connectivity index (χ1n) is 10.5. The van der Waals surface area contributed by atoms with Crippen LogP contribution in [0.3, 0.4) is 0 Å². The van der Waals surface area contributed by atoms with Crippen LogP contribution in [-0.4, -0.2) is 38.4 Å². The Bertz CT molecular complexity index is 1140. The number of pyridine rings is 1. The minimum Gasteiger partial charge on any atom is -0.444 e. The Hall–Kier alpha value is -3.75. The number of alkyl carbamates (subject to hydrolysis) is 1. The number of benzene rings is 1. The molecule has 2 amide bonds. The molecule has 1 atom stereocenters. The molecule has 174 valence electrons. The highest BCUT2D eigenvalue weighted by Gasteiger charge is 2.26. The predicted octanol–water partition coefficient (Wildman–Crippen LogP) is 4.00. The third kappa shape index (κ3) is 6.86. The minimum absolute atomic E-state index is 0.152. The summed E-state index contributed by atoms with van der Waals surface area (Å²) < 4.78 is 20.2. The molecular weight excluding hydrogens is 425 g/mol. The normalized spacial score (nSPS) is 12.2. The van der Waals surface area contributed by atoms with E-state index in [1.54, 1.807) is 56.9 Å². The van der Waals surface area contributed by atoms with Gasteiger partial charge in [-0.1, -0.05) is 12.1 Å². The number of nitrogens with zero attached hydrogens (tertiary/aromatic N) is 3. The van der Waals surface area contributed by atoms with Gasteiger partial charge in [0.25, 0.3) is 0 Å². The summed E-state index contributed by atoms with van der Waals surface area (Å²) in [6.07, 6.45) is 1.13. The molecule has 0 radical (unpaired) electrons. The van der Waals surface area contributed by atoms with Crippen LogP contribution in [0.1, 0.15) is 32.0 Å². The largest absolute Gasteiger partial charge is 0.444 e. The molecule has 0 saturated heterocycles. The van der Waals surface area contributed by atoms with Crippen molar-refractivity contribution >= 4 is 17.8 Å². The number of carbonyl (C=O) groups excluding carboxylic acids is 2. The lowest BCUT2D eigenvalue weighted by molar-refractivity contribution is -0.118.